The lowest BCUT2D eigenvalue weighted by Gasteiger charge is -2.36. The molecule has 1 aromatic heterocycles. The molecule has 5 heteroatoms. The number of hydrogen-bond donors (Lipinski definition) is 0. The molecule has 0 radical (unpaired) electrons. The van der Waals surface area contributed by atoms with Gasteiger partial charge >= 0.3 is 0 Å². The third kappa shape index (κ3) is 3.30. The van der Waals surface area contributed by atoms with Crippen LogP contribution < -0.4 is 4.90 Å². The summed E-state index contributed by atoms with van der Waals surface area (Å²) in [6.07, 6.45) is 0.321. The molecule has 1 aliphatic heterocycles. The summed E-state index contributed by atoms with van der Waals surface area (Å²) < 4.78 is 5.01. The first-order valence-electron chi connectivity index (χ1n) is 7.63. The zero-order chi connectivity index (χ0) is 15.5. The van der Waals surface area contributed by atoms with Gasteiger partial charge in [0.25, 0.3) is 0 Å². The minimum atomic E-state index is 0.122. The van der Waals surface area contributed by atoms with Gasteiger partial charge in [-0.25, -0.2) is 0 Å². The minimum Gasteiger partial charge on any atom is -0.368 e. The van der Waals surface area contributed by atoms with E-state index >= 15 is 0 Å². The lowest BCUT2D eigenvalue weighted by atomic mass is 10.2. The van der Waals surface area contributed by atoms with Gasteiger partial charge in [0.15, 0.2) is 0 Å². The van der Waals surface area contributed by atoms with Gasteiger partial charge in [-0.15, -0.1) is 0 Å². The van der Waals surface area contributed by atoms with Crippen LogP contribution in [-0.4, -0.2) is 42.1 Å². The van der Waals surface area contributed by atoms with Crippen LogP contribution in [0.2, 0.25) is 0 Å². The molecule has 1 amide bonds. The minimum absolute atomic E-state index is 0.122. The van der Waals surface area contributed by atoms with Crippen molar-refractivity contribution in [1.29, 1.82) is 0 Å². The van der Waals surface area contributed by atoms with Crippen molar-refractivity contribution in [3.8, 4) is 0 Å². The van der Waals surface area contributed by atoms with Gasteiger partial charge in [-0.2, -0.15) is 0 Å². The summed E-state index contributed by atoms with van der Waals surface area (Å²) >= 11 is 0. The second-order valence-corrected chi connectivity index (χ2v) is 5.81. The highest BCUT2D eigenvalue weighted by Gasteiger charge is 2.22. The number of benzene rings is 1. The van der Waals surface area contributed by atoms with Crippen LogP contribution in [0.15, 0.2) is 34.9 Å². The molecule has 1 fully saturated rings. The standard InChI is InChI=1S/C17H21N3O2/c1-13-4-3-5-16(10-13)19-6-8-20(9-7-19)17(21)12-15-11-14(2)22-18-15/h3-5,10-11H,6-9,12H2,1-2H3. The molecule has 2 heterocycles. The van der Waals surface area contributed by atoms with Crippen LogP contribution in [0.5, 0.6) is 0 Å². The fourth-order valence-corrected chi connectivity index (χ4v) is 2.81. The molecule has 22 heavy (non-hydrogen) atoms. The van der Waals surface area contributed by atoms with E-state index in [0.29, 0.717) is 12.1 Å². The van der Waals surface area contributed by atoms with E-state index in [1.54, 1.807) is 0 Å². The molecule has 116 valence electrons. The van der Waals surface area contributed by atoms with E-state index in [0.717, 1.165) is 31.9 Å². The van der Waals surface area contributed by atoms with Gasteiger partial charge in [-0.1, -0.05) is 17.3 Å². The molecule has 2 aromatic rings. The van der Waals surface area contributed by atoms with Crippen molar-refractivity contribution >= 4 is 11.6 Å². The molecular formula is C17H21N3O2. The summed E-state index contributed by atoms with van der Waals surface area (Å²) in [5.41, 5.74) is 3.21. The van der Waals surface area contributed by atoms with Gasteiger partial charge < -0.3 is 14.3 Å². The molecule has 1 aliphatic rings. The Bertz CT molecular complexity index is 657. The number of hydrogen-bond acceptors (Lipinski definition) is 4. The van der Waals surface area contributed by atoms with Gasteiger partial charge in [0.05, 0.1) is 12.1 Å². The zero-order valence-electron chi connectivity index (χ0n) is 13.1. The number of carbonyl (C=O) groups excluding carboxylic acids is 1. The van der Waals surface area contributed by atoms with Crippen molar-refractivity contribution in [3.63, 3.8) is 0 Å². The normalized spacial score (nSPS) is 15.2. The van der Waals surface area contributed by atoms with E-state index in [1.165, 1.54) is 11.3 Å². The highest BCUT2D eigenvalue weighted by molar-refractivity contribution is 5.78. The summed E-state index contributed by atoms with van der Waals surface area (Å²) in [6.45, 7) is 7.18. The Morgan fingerprint density at radius 2 is 1.95 bits per heavy atom. The first-order valence-corrected chi connectivity index (χ1v) is 7.63. The monoisotopic (exact) mass is 299 g/mol. The van der Waals surface area contributed by atoms with Crippen molar-refractivity contribution in [2.45, 2.75) is 20.3 Å². The van der Waals surface area contributed by atoms with Crippen LogP contribution in [0.1, 0.15) is 17.0 Å². The van der Waals surface area contributed by atoms with E-state index in [9.17, 15) is 4.79 Å². The summed E-state index contributed by atoms with van der Waals surface area (Å²) in [5, 5.41) is 3.89. The van der Waals surface area contributed by atoms with Crippen molar-refractivity contribution in [2.24, 2.45) is 0 Å². The number of rotatable bonds is 3. The van der Waals surface area contributed by atoms with Crippen molar-refractivity contribution < 1.29 is 9.32 Å². The third-order valence-corrected chi connectivity index (χ3v) is 4.01. The average molecular weight is 299 g/mol. The molecular weight excluding hydrogens is 278 g/mol. The van der Waals surface area contributed by atoms with Crippen molar-refractivity contribution in [1.82, 2.24) is 10.1 Å². The van der Waals surface area contributed by atoms with Gasteiger partial charge in [0.1, 0.15) is 5.76 Å². The zero-order valence-corrected chi connectivity index (χ0v) is 13.1. The number of piperazine rings is 1. The molecule has 1 aromatic carbocycles. The van der Waals surface area contributed by atoms with Gasteiger partial charge in [0.2, 0.25) is 5.91 Å². The van der Waals surface area contributed by atoms with Crippen LogP contribution in [0, 0.1) is 13.8 Å². The predicted molar refractivity (Wildman–Crippen MR) is 84.9 cm³/mol. The Kier molecular flexibility index (Phi) is 4.13. The average Bonchev–Trinajstić information content (AvgIpc) is 2.92. The van der Waals surface area contributed by atoms with Crippen LogP contribution in [0.4, 0.5) is 5.69 Å². The van der Waals surface area contributed by atoms with Gasteiger partial charge in [-0.3, -0.25) is 4.79 Å². The summed E-state index contributed by atoms with van der Waals surface area (Å²) in [4.78, 5) is 16.5. The maximum atomic E-state index is 12.3. The van der Waals surface area contributed by atoms with Gasteiger partial charge in [0, 0.05) is 37.9 Å². The molecule has 1 saturated heterocycles. The number of aryl methyl sites for hydroxylation is 2. The number of aromatic nitrogens is 1. The molecule has 0 unspecified atom stereocenters. The first-order chi connectivity index (χ1) is 10.6. The topological polar surface area (TPSA) is 49.6 Å². The van der Waals surface area contributed by atoms with Crippen LogP contribution in [0.25, 0.3) is 0 Å². The lowest BCUT2D eigenvalue weighted by molar-refractivity contribution is -0.130. The molecule has 0 bridgehead atoms. The fraction of sp³-hybridized carbons (Fsp3) is 0.412. The summed E-state index contributed by atoms with van der Waals surface area (Å²) in [7, 11) is 0. The number of anilines is 1. The maximum Gasteiger partial charge on any atom is 0.228 e. The second-order valence-electron chi connectivity index (χ2n) is 5.81. The SMILES string of the molecule is Cc1cccc(N2CCN(C(=O)Cc3cc(C)on3)CC2)c1. The third-order valence-electron chi connectivity index (χ3n) is 4.01. The van der Waals surface area contributed by atoms with Crippen LogP contribution in [-0.2, 0) is 11.2 Å². The molecule has 3 rings (SSSR count). The number of carbonyl (C=O) groups is 1. The lowest BCUT2D eigenvalue weighted by Crippen LogP contribution is -2.49. The molecule has 5 nitrogen and oxygen atoms in total. The largest absolute Gasteiger partial charge is 0.368 e. The Morgan fingerprint density at radius 1 is 1.18 bits per heavy atom. The maximum absolute atomic E-state index is 12.3. The predicted octanol–water partition coefficient (Wildman–Crippen LogP) is 2.18. The van der Waals surface area contributed by atoms with Crippen LogP contribution >= 0.6 is 0 Å². The van der Waals surface area contributed by atoms with E-state index in [2.05, 4.69) is 41.2 Å². The summed E-state index contributed by atoms with van der Waals surface area (Å²) in [6, 6.07) is 10.3. The van der Waals surface area contributed by atoms with E-state index in [4.69, 9.17) is 4.52 Å². The highest BCUT2D eigenvalue weighted by Crippen LogP contribution is 2.18. The molecule has 0 aliphatic carbocycles. The van der Waals surface area contributed by atoms with E-state index in [-0.39, 0.29) is 5.91 Å². The fourth-order valence-electron chi connectivity index (χ4n) is 2.81. The number of amides is 1. The Balaban J connectivity index is 1.56. The van der Waals surface area contributed by atoms with Crippen LogP contribution in [0.3, 0.4) is 0 Å². The Morgan fingerprint density at radius 3 is 2.59 bits per heavy atom. The van der Waals surface area contributed by atoms with Crippen molar-refractivity contribution in [2.75, 3.05) is 31.1 Å². The van der Waals surface area contributed by atoms with E-state index in [1.807, 2.05) is 17.9 Å². The summed E-state index contributed by atoms with van der Waals surface area (Å²) in [5.74, 6) is 0.865. The smallest absolute Gasteiger partial charge is 0.228 e. The first kappa shape index (κ1) is 14.6. The Hall–Kier alpha value is -2.30. The highest BCUT2D eigenvalue weighted by atomic mass is 16.5. The molecule has 0 atom stereocenters. The van der Waals surface area contributed by atoms with Gasteiger partial charge in [-0.05, 0) is 31.5 Å². The van der Waals surface area contributed by atoms with E-state index < -0.39 is 0 Å². The quantitative estimate of drug-likeness (QED) is 0.871. The Labute approximate surface area is 130 Å². The van der Waals surface area contributed by atoms with Crippen molar-refractivity contribution in [3.05, 3.63) is 47.3 Å². The molecule has 0 N–H and O–H groups in total. The number of nitrogens with zero attached hydrogens (tertiary/aromatic N) is 3. The molecule has 0 spiro atoms. The molecule has 0 saturated carbocycles. The second kappa shape index (κ2) is 6.22.